The third kappa shape index (κ3) is 2.88. The summed E-state index contributed by atoms with van der Waals surface area (Å²) in [4.78, 5) is 14.9. The van der Waals surface area contributed by atoms with E-state index >= 15 is 0 Å². The van der Waals surface area contributed by atoms with E-state index in [0.29, 0.717) is 4.88 Å². The quantitative estimate of drug-likeness (QED) is 0.495. The van der Waals surface area contributed by atoms with Gasteiger partial charge in [-0.3, -0.25) is 4.79 Å². The van der Waals surface area contributed by atoms with Gasteiger partial charge >= 0.3 is 0 Å². The maximum absolute atomic E-state index is 12.2. The highest BCUT2D eigenvalue weighted by Crippen LogP contribution is 2.20. The second-order valence-corrected chi connectivity index (χ2v) is 5.90. The molecule has 4 heteroatoms. The molecular weight excluding hydrogens is 280 g/mol. The zero-order valence-electron chi connectivity index (χ0n) is 11.5. The first-order chi connectivity index (χ1) is 10.3. The number of rotatable bonds is 3. The Hall–Kier alpha value is -2.38. The highest BCUT2D eigenvalue weighted by atomic mass is 32.1. The Balaban J connectivity index is 1.81. The van der Waals surface area contributed by atoms with Crippen LogP contribution in [0.15, 0.2) is 53.6 Å². The summed E-state index contributed by atoms with van der Waals surface area (Å²) in [5.74, 6) is -0.189. The summed E-state index contributed by atoms with van der Waals surface area (Å²) in [6.45, 7) is 1.58. The van der Waals surface area contributed by atoms with Gasteiger partial charge in [0, 0.05) is 19.3 Å². The lowest BCUT2D eigenvalue weighted by Crippen LogP contribution is -2.26. The van der Waals surface area contributed by atoms with Crippen molar-refractivity contribution in [3.05, 3.63) is 69.6 Å². The predicted molar refractivity (Wildman–Crippen MR) is 82.9 cm³/mol. The zero-order chi connectivity index (χ0) is 14.7. The molecule has 3 rings (SSSR count). The van der Waals surface area contributed by atoms with Crippen LogP contribution in [0.4, 0.5) is 0 Å². The first-order valence-electron chi connectivity index (χ1n) is 6.79. The molecule has 2 heterocycles. The Kier molecular flexibility index (Phi) is 3.85. The largest absolute Gasteiger partial charge is 0.372 e. The summed E-state index contributed by atoms with van der Waals surface area (Å²) in [7, 11) is 0. The molecule has 0 amide bonds. The van der Waals surface area contributed by atoms with E-state index in [0.717, 1.165) is 19.5 Å². The van der Waals surface area contributed by atoms with E-state index in [9.17, 15) is 10.1 Å². The van der Waals surface area contributed by atoms with Gasteiger partial charge < -0.3 is 4.90 Å². The molecule has 104 valence electrons. The summed E-state index contributed by atoms with van der Waals surface area (Å²) in [6, 6.07) is 13.9. The van der Waals surface area contributed by atoms with Crippen molar-refractivity contribution in [2.24, 2.45) is 0 Å². The average Bonchev–Trinajstić information content (AvgIpc) is 3.06. The number of allylic oxidation sites excluding steroid dienone is 1. The first-order valence-corrected chi connectivity index (χ1v) is 7.67. The number of carbonyl (C=O) groups is 1. The minimum absolute atomic E-state index is 0.189. The zero-order valence-corrected chi connectivity index (χ0v) is 12.3. The molecule has 0 atom stereocenters. The lowest BCUT2D eigenvalue weighted by atomic mass is 10.00. The van der Waals surface area contributed by atoms with Gasteiger partial charge in [-0.25, -0.2) is 0 Å². The van der Waals surface area contributed by atoms with Gasteiger partial charge in [-0.15, -0.1) is 11.3 Å². The fraction of sp³-hybridized carbons (Fsp3) is 0.176. The molecular formula is C17H14N2OS. The molecule has 21 heavy (non-hydrogen) atoms. The second kappa shape index (κ2) is 5.94. The van der Waals surface area contributed by atoms with Gasteiger partial charge in [-0.2, -0.15) is 5.26 Å². The molecule has 0 saturated heterocycles. The molecule has 1 aromatic heterocycles. The van der Waals surface area contributed by atoms with Crippen molar-refractivity contribution in [2.75, 3.05) is 6.54 Å². The average molecular weight is 294 g/mol. The van der Waals surface area contributed by atoms with Crippen LogP contribution in [-0.4, -0.2) is 17.2 Å². The van der Waals surface area contributed by atoms with Crippen molar-refractivity contribution in [1.29, 1.82) is 5.26 Å². The van der Waals surface area contributed by atoms with Crippen LogP contribution in [0, 0.1) is 11.3 Å². The van der Waals surface area contributed by atoms with Gasteiger partial charge in [-0.05, 0) is 29.0 Å². The van der Waals surface area contributed by atoms with Crippen molar-refractivity contribution in [1.82, 2.24) is 4.90 Å². The Bertz CT molecular complexity index is 725. The van der Waals surface area contributed by atoms with Crippen molar-refractivity contribution in [3.8, 4) is 6.07 Å². The van der Waals surface area contributed by atoms with Crippen LogP contribution in [0.3, 0.4) is 0 Å². The molecule has 1 aliphatic heterocycles. The van der Waals surface area contributed by atoms with Gasteiger partial charge in [0.1, 0.15) is 11.6 Å². The Morgan fingerprint density at radius 3 is 2.76 bits per heavy atom. The van der Waals surface area contributed by atoms with E-state index in [1.807, 2.05) is 34.5 Å². The van der Waals surface area contributed by atoms with Crippen molar-refractivity contribution >= 4 is 17.1 Å². The molecule has 2 aromatic rings. The lowest BCUT2D eigenvalue weighted by Gasteiger charge is -2.27. The van der Waals surface area contributed by atoms with Gasteiger partial charge in [0.2, 0.25) is 5.78 Å². The summed E-state index contributed by atoms with van der Waals surface area (Å²) >= 11 is 1.37. The van der Waals surface area contributed by atoms with Crippen LogP contribution in [0.25, 0.3) is 0 Å². The summed E-state index contributed by atoms with van der Waals surface area (Å²) in [5, 5.41) is 11.1. The number of fused-ring (bicyclic) bond motifs is 1. The monoisotopic (exact) mass is 294 g/mol. The number of Topliss-reactive ketones (excluding diaryl/α,β-unsaturated/α-hetero) is 1. The standard InChI is InChI=1S/C17H14N2OS/c18-10-15(17(20)16-6-3-9-21-16)12-19-8-7-13-4-1-2-5-14(13)11-19/h1-6,9,12H,7-8,11H2. The van der Waals surface area contributed by atoms with Crippen LogP contribution in [0.5, 0.6) is 0 Å². The number of ketones is 1. The van der Waals surface area contributed by atoms with E-state index in [2.05, 4.69) is 12.1 Å². The fourth-order valence-corrected chi connectivity index (χ4v) is 3.17. The highest BCUT2D eigenvalue weighted by Gasteiger charge is 2.17. The van der Waals surface area contributed by atoms with E-state index in [1.54, 1.807) is 12.3 Å². The minimum Gasteiger partial charge on any atom is -0.372 e. The minimum atomic E-state index is -0.189. The topological polar surface area (TPSA) is 44.1 Å². The summed E-state index contributed by atoms with van der Waals surface area (Å²) in [5.41, 5.74) is 2.82. The molecule has 0 N–H and O–H groups in total. The number of nitrogens with zero attached hydrogens (tertiary/aromatic N) is 2. The van der Waals surface area contributed by atoms with Crippen LogP contribution in [0.2, 0.25) is 0 Å². The van der Waals surface area contributed by atoms with Gasteiger partial charge in [0.05, 0.1) is 4.88 Å². The number of thiophene rings is 1. The molecule has 0 fully saturated rings. The maximum Gasteiger partial charge on any atom is 0.214 e. The van der Waals surface area contributed by atoms with E-state index in [1.165, 1.54) is 22.5 Å². The van der Waals surface area contributed by atoms with Crippen LogP contribution in [0.1, 0.15) is 20.8 Å². The lowest BCUT2D eigenvalue weighted by molar-refractivity contribution is 0.104. The number of carbonyl (C=O) groups excluding carboxylic acids is 1. The second-order valence-electron chi connectivity index (χ2n) is 4.95. The van der Waals surface area contributed by atoms with Crippen LogP contribution in [-0.2, 0) is 13.0 Å². The first kappa shape index (κ1) is 13.6. The smallest absolute Gasteiger partial charge is 0.214 e. The number of hydrogen-bond donors (Lipinski definition) is 0. The third-order valence-corrected chi connectivity index (χ3v) is 4.45. The van der Waals surface area contributed by atoms with E-state index < -0.39 is 0 Å². The predicted octanol–water partition coefficient (Wildman–Crippen LogP) is 3.40. The van der Waals surface area contributed by atoms with Crippen LogP contribution < -0.4 is 0 Å². The molecule has 0 radical (unpaired) electrons. The molecule has 0 aliphatic carbocycles. The molecule has 1 aliphatic rings. The molecule has 1 aromatic carbocycles. The van der Waals surface area contributed by atoms with Gasteiger partial charge in [-0.1, -0.05) is 30.3 Å². The van der Waals surface area contributed by atoms with Gasteiger partial charge in [0.15, 0.2) is 0 Å². The SMILES string of the molecule is N#CC(=CN1CCc2ccccc2C1)C(=O)c1cccs1. The number of nitriles is 1. The molecule has 3 nitrogen and oxygen atoms in total. The van der Waals surface area contributed by atoms with E-state index in [4.69, 9.17) is 0 Å². The molecule has 0 bridgehead atoms. The summed E-state index contributed by atoms with van der Waals surface area (Å²) < 4.78 is 0. The Morgan fingerprint density at radius 1 is 1.24 bits per heavy atom. The van der Waals surface area contributed by atoms with Crippen LogP contribution >= 0.6 is 11.3 Å². The van der Waals surface area contributed by atoms with E-state index in [-0.39, 0.29) is 11.4 Å². The number of benzene rings is 1. The van der Waals surface area contributed by atoms with Gasteiger partial charge in [0.25, 0.3) is 0 Å². The molecule has 0 saturated carbocycles. The highest BCUT2D eigenvalue weighted by molar-refractivity contribution is 7.12. The molecule has 0 unspecified atom stereocenters. The summed E-state index contributed by atoms with van der Waals surface area (Å²) in [6.07, 6.45) is 2.65. The van der Waals surface area contributed by atoms with Crippen molar-refractivity contribution in [2.45, 2.75) is 13.0 Å². The Morgan fingerprint density at radius 2 is 2.05 bits per heavy atom. The maximum atomic E-state index is 12.2. The van der Waals surface area contributed by atoms with Crippen molar-refractivity contribution < 1.29 is 4.79 Å². The normalized spacial score (nSPS) is 14.4. The van der Waals surface area contributed by atoms with Crippen molar-refractivity contribution in [3.63, 3.8) is 0 Å². The number of hydrogen-bond acceptors (Lipinski definition) is 4. The fourth-order valence-electron chi connectivity index (χ4n) is 2.49. The molecule has 0 spiro atoms. The third-order valence-electron chi connectivity index (χ3n) is 3.58. The Labute approximate surface area is 127 Å².